The lowest BCUT2D eigenvalue weighted by atomic mass is 9.93. The van der Waals surface area contributed by atoms with Gasteiger partial charge in [0.2, 0.25) is 5.91 Å². The molecule has 2 aromatic carbocycles. The van der Waals surface area contributed by atoms with Crippen molar-refractivity contribution in [2.24, 2.45) is 11.8 Å². The van der Waals surface area contributed by atoms with E-state index in [1.54, 1.807) is 43.3 Å². The van der Waals surface area contributed by atoms with E-state index < -0.39 is 48.1 Å². The monoisotopic (exact) mass is 723 g/mol. The predicted molar refractivity (Wildman–Crippen MR) is 190 cm³/mol. The molecule has 0 bridgehead atoms. The number of esters is 3. The lowest BCUT2D eigenvalue weighted by molar-refractivity contribution is -0.150. The van der Waals surface area contributed by atoms with Gasteiger partial charge >= 0.3 is 17.9 Å². The standard InChI is InChI=1S/C39H49NO12/c1-24-16-17-30(21-47-37(43)28-12-9-8-10-13-28)36-33(51-39(5,6)52-36)15-11-14-29-18-31(46-22-32(50-27(4)42)20-40-26(3)41)19-34(48-23-45-7)35(29)38(44)49-25(24)2/h8-14,16-19,24-25,30,32-33,36H,15,20-23H2,1-7H3,(H,40,41)/b14-11?,17-16-/t24-,25?,30?,32?,33?,36?/m1/s1. The van der Waals surface area contributed by atoms with E-state index >= 15 is 0 Å². The lowest BCUT2D eigenvalue weighted by Gasteiger charge is -2.25. The van der Waals surface area contributed by atoms with Crippen molar-refractivity contribution in [1.29, 1.82) is 0 Å². The van der Waals surface area contributed by atoms with Gasteiger partial charge < -0.3 is 43.2 Å². The highest BCUT2D eigenvalue weighted by atomic mass is 16.8. The van der Waals surface area contributed by atoms with Gasteiger partial charge in [0.15, 0.2) is 18.7 Å². The van der Waals surface area contributed by atoms with Crippen LogP contribution in [0.4, 0.5) is 0 Å². The molecular weight excluding hydrogens is 674 g/mol. The molecule has 13 nitrogen and oxygen atoms in total. The van der Waals surface area contributed by atoms with Crippen molar-refractivity contribution >= 4 is 29.9 Å². The summed E-state index contributed by atoms with van der Waals surface area (Å²) >= 11 is 0. The number of hydrogen-bond donors (Lipinski definition) is 1. The fraction of sp³-hybridized carbons (Fsp3) is 0.487. The van der Waals surface area contributed by atoms with Crippen LogP contribution in [0.1, 0.15) is 74.2 Å². The molecule has 2 aromatic rings. The van der Waals surface area contributed by atoms with Gasteiger partial charge in [0.25, 0.3) is 0 Å². The Balaban J connectivity index is 1.69. The van der Waals surface area contributed by atoms with Crippen LogP contribution in [-0.4, -0.2) is 87.7 Å². The fourth-order valence-electron chi connectivity index (χ4n) is 5.73. The summed E-state index contributed by atoms with van der Waals surface area (Å²) in [5.74, 6) is -3.00. The zero-order valence-electron chi connectivity index (χ0n) is 30.7. The van der Waals surface area contributed by atoms with Crippen LogP contribution in [0.3, 0.4) is 0 Å². The van der Waals surface area contributed by atoms with Crippen molar-refractivity contribution in [1.82, 2.24) is 5.32 Å². The van der Waals surface area contributed by atoms with Gasteiger partial charge in [-0.3, -0.25) is 9.59 Å². The van der Waals surface area contributed by atoms with Gasteiger partial charge in [-0.2, -0.15) is 0 Å². The number of carbonyl (C=O) groups is 4. The van der Waals surface area contributed by atoms with E-state index in [9.17, 15) is 19.2 Å². The van der Waals surface area contributed by atoms with Crippen LogP contribution in [0.5, 0.6) is 11.5 Å². The van der Waals surface area contributed by atoms with Gasteiger partial charge in [0, 0.05) is 38.9 Å². The molecule has 6 atom stereocenters. The second-order valence-corrected chi connectivity index (χ2v) is 13.2. The average Bonchev–Trinajstić information content (AvgIpc) is 3.41. The van der Waals surface area contributed by atoms with Gasteiger partial charge in [0.1, 0.15) is 36.4 Å². The van der Waals surface area contributed by atoms with Gasteiger partial charge in [0.05, 0.1) is 24.3 Å². The van der Waals surface area contributed by atoms with Gasteiger partial charge in [-0.15, -0.1) is 0 Å². The zero-order valence-corrected chi connectivity index (χ0v) is 30.7. The maximum atomic E-state index is 13.9. The van der Waals surface area contributed by atoms with E-state index in [0.717, 1.165) is 0 Å². The van der Waals surface area contributed by atoms with Crippen molar-refractivity contribution in [2.75, 3.05) is 33.7 Å². The molecule has 282 valence electrons. The van der Waals surface area contributed by atoms with Crippen LogP contribution < -0.4 is 14.8 Å². The first-order valence-corrected chi connectivity index (χ1v) is 17.2. The summed E-state index contributed by atoms with van der Waals surface area (Å²) in [6.45, 7) is 9.80. The molecule has 52 heavy (non-hydrogen) atoms. The summed E-state index contributed by atoms with van der Waals surface area (Å²) in [6, 6.07) is 11.9. The largest absolute Gasteiger partial charge is 0.489 e. The van der Waals surface area contributed by atoms with Crippen molar-refractivity contribution in [2.45, 2.75) is 78.2 Å². The molecule has 4 rings (SSSR count). The highest BCUT2D eigenvalue weighted by Crippen LogP contribution is 2.37. The number of nitrogens with one attached hydrogen (secondary N) is 1. The number of ether oxygens (including phenoxy) is 8. The normalized spacial score (nSPS) is 23.8. The van der Waals surface area contributed by atoms with Crippen LogP contribution in [0.2, 0.25) is 0 Å². The maximum absolute atomic E-state index is 13.9. The second-order valence-electron chi connectivity index (χ2n) is 13.2. The van der Waals surface area contributed by atoms with Crippen LogP contribution >= 0.6 is 0 Å². The Labute approximate surface area is 304 Å². The summed E-state index contributed by atoms with van der Waals surface area (Å²) in [7, 11) is 1.46. The number of cyclic esters (lactones) is 1. The molecule has 13 heteroatoms. The number of benzene rings is 2. The second kappa shape index (κ2) is 18.7. The molecule has 1 amide bonds. The van der Waals surface area contributed by atoms with Crippen LogP contribution in [0.15, 0.2) is 60.7 Å². The molecule has 2 aliphatic heterocycles. The smallest absolute Gasteiger partial charge is 0.342 e. The van der Waals surface area contributed by atoms with Gasteiger partial charge in [-0.25, -0.2) is 9.59 Å². The minimum Gasteiger partial charge on any atom is -0.489 e. The topological polar surface area (TPSA) is 154 Å². The number of carbonyl (C=O) groups excluding carboxylic acids is 4. The van der Waals surface area contributed by atoms with E-state index in [4.69, 9.17) is 37.9 Å². The number of rotatable bonds is 12. The summed E-state index contributed by atoms with van der Waals surface area (Å²) in [5, 5.41) is 2.63. The molecule has 1 N–H and O–H groups in total. The third-order valence-electron chi connectivity index (χ3n) is 8.41. The number of hydrogen-bond acceptors (Lipinski definition) is 12. The minimum atomic E-state index is -0.916. The summed E-state index contributed by atoms with van der Waals surface area (Å²) in [5.41, 5.74) is 1.02. The molecule has 0 spiro atoms. The maximum Gasteiger partial charge on any atom is 0.342 e. The van der Waals surface area contributed by atoms with E-state index in [2.05, 4.69) is 5.32 Å². The molecule has 1 saturated heterocycles. The molecule has 1 fully saturated rings. The van der Waals surface area contributed by atoms with Crippen LogP contribution in [0.25, 0.3) is 6.08 Å². The summed E-state index contributed by atoms with van der Waals surface area (Å²) < 4.78 is 46.9. The Morgan fingerprint density at radius 2 is 1.77 bits per heavy atom. The Bertz CT molecular complexity index is 1600. The van der Waals surface area contributed by atoms with Crippen LogP contribution in [0, 0.1) is 11.8 Å². The van der Waals surface area contributed by atoms with Crippen molar-refractivity contribution in [3.8, 4) is 11.5 Å². The third-order valence-corrected chi connectivity index (χ3v) is 8.41. The number of fused-ring (bicyclic) bond motifs is 2. The molecule has 2 heterocycles. The van der Waals surface area contributed by atoms with Crippen molar-refractivity contribution in [3.63, 3.8) is 0 Å². The SMILES string of the molecule is COCOc1cc(OCC(CNC(C)=O)OC(C)=O)cc2c1C(=O)OC(C)[C@H](C)/C=C\C(COC(=O)c1ccccc1)C1OC(C)(C)OC1CC=C2. The van der Waals surface area contributed by atoms with E-state index in [-0.39, 0.29) is 55.6 Å². The number of methoxy groups -OCH3 is 1. The summed E-state index contributed by atoms with van der Waals surface area (Å²) in [4.78, 5) is 50.0. The van der Waals surface area contributed by atoms with Crippen molar-refractivity contribution < 1.29 is 57.1 Å². The quantitative estimate of drug-likeness (QED) is 0.131. The van der Waals surface area contributed by atoms with E-state index in [1.165, 1.54) is 27.0 Å². The molecule has 5 unspecified atom stereocenters. The molecule has 0 saturated carbocycles. The molecule has 0 aliphatic carbocycles. The Morgan fingerprint density at radius 1 is 1.02 bits per heavy atom. The lowest BCUT2D eigenvalue weighted by Crippen LogP contribution is -2.37. The van der Waals surface area contributed by atoms with Gasteiger partial charge in [-0.1, -0.05) is 49.4 Å². The Hall–Kier alpha value is -4.72. The molecule has 0 radical (unpaired) electrons. The molecule has 2 aliphatic rings. The van der Waals surface area contributed by atoms with E-state index in [1.807, 2.05) is 45.1 Å². The molecule has 0 aromatic heterocycles. The average molecular weight is 724 g/mol. The van der Waals surface area contributed by atoms with E-state index in [0.29, 0.717) is 23.3 Å². The Kier molecular flexibility index (Phi) is 14.4. The fourth-order valence-corrected chi connectivity index (χ4v) is 5.73. The predicted octanol–water partition coefficient (Wildman–Crippen LogP) is 5.26. The highest BCUT2D eigenvalue weighted by Gasteiger charge is 2.44. The first-order valence-electron chi connectivity index (χ1n) is 17.2. The Morgan fingerprint density at radius 3 is 2.46 bits per heavy atom. The third kappa shape index (κ3) is 11.7. The zero-order chi connectivity index (χ0) is 37.8. The molecular formula is C39H49NO12. The first kappa shape index (κ1) is 40.1. The minimum absolute atomic E-state index is 0.0371. The summed E-state index contributed by atoms with van der Waals surface area (Å²) in [6.07, 6.45) is 5.55. The van der Waals surface area contributed by atoms with Crippen molar-refractivity contribution in [3.05, 3.63) is 77.4 Å². The van der Waals surface area contributed by atoms with Gasteiger partial charge in [-0.05, 0) is 51.0 Å². The number of amides is 1. The highest BCUT2D eigenvalue weighted by molar-refractivity contribution is 5.97. The first-order chi connectivity index (χ1) is 24.8. The van der Waals surface area contributed by atoms with Crippen LogP contribution in [-0.2, 0) is 38.0 Å².